The molecule has 3 N–H and O–H groups in total. The second kappa shape index (κ2) is 9.40. The Bertz CT molecular complexity index is 1350. The van der Waals surface area contributed by atoms with E-state index in [2.05, 4.69) is 30.6 Å². The molecule has 3 aromatic heterocycles. The zero-order chi connectivity index (χ0) is 24.5. The predicted octanol–water partition coefficient (Wildman–Crippen LogP) is 6.17. The minimum absolute atomic E-state index is 0.0134. The van der Waals surface area contributed by atoms with E-state index in [0.717, 1.165) is 6.92 Å². The molecule has 0 bridgehead atoms. The van der Waals surface area contributed by atoms with Crippen molar-refractivity contribution in [3.8, 4) is 5.75 Å². The highest BCUT2D eigenvalue weighted by molar-refractivity contribution is 6.39. The lowest BCUT2D eigenvalue weighted by molar-refractivity contribution is 0.0129. The minimum Gasteiger partial charge on any atom is -0.493 e. The monoisotopic (exact) mass is 506 g/mol. The third-order valence-electron chi connectivity index (χ3n) is 4.66. The van der Waals surface area contributed by atoms with E-state index in [1.807, 2.05) is 0 Å². The first-order chi connectivity index (χ1) is 16.2. The third-order valence-corrected chi connectivity index (χ3v) is 5.24. The molecule has 0 spiro atoms. The van der Waals surface area contributed by atoms with Gasteiger partial charge in [-0.05, 0) is 25.1 Å². The van der Waals surface area contributed by atoms with Gasteiger partial charge >= 0.3 is 0 Å². The SMILES string of the molecule is CCOc1cc2nc(Nc3c(Cl)cncc3Cl)[nH]c2cc1C(=O)Nc1cccc(C(C)(F)F)n1. The highest BCUT2D eigenvalue weighted by Gasteiger charge is 2.26. The lowest BCUT2D eigenvalue weighted by atomic mass is 10.1. The van der Waals surface area contributed by atoms with E-state index in [9.17, 15) is 13.6 Å². The van der Waals surface area contributed by atoms with Crippen LogP contribution in [0.4, 0.5) is 26.2 Å². The van der Waals surface area contributed by atoms with Crippen LogP contribution in [0.25, 0.3) is 11.0 Å². The number of hydrogen-bond acceptors (Lipinski definition) is 6. The summed E-state index contributed by atoms with van der Waals surface area (Å²) in [6, 6.07) is 7.14. The van der Waals surface area contributed by atoms with Crippen LogP contribution in [0, 0.1) is 0 Å². The summed E-state index contributed by atoms with van der Waals surface area (Å²) in [5.74, 6) is -3.15. The summed E-state index contributed by atoms with van der Waals surface area (Å²) in [5.41, 5.74) is 1.15. The van der Waals surface area contributed by atoms with Gasteiger partial charge in [-0.1, -0.05) is 29.3 Å². The number of rotatable bonds is 7. The Morgan fingerprint density at radius 2 is 1.91 bits per heavy atom. The number of carbonyl (C=O) groups is 1. The molecule has 0 radical (unpaired) electrons. The molecule has 4 aromatic rings. The van der Waals surface area contributed by atoms with Crippen LogP contribution in [0.2, 0.25) is 10.0 Å². The molecule has 4 rings (SSSR count). The predicted molar refractivity (Wildman–Crippen MR) is 127 cm³/mol. The lowest BCUT2D eigenvalue weighted by Crippen LogP contribution is -2.17. The molecule has 0 aliphatic carbocycles. The van der Waals surface area contributed by atoms with E-state index >= 15 is 0 Å². The molecule has 0 fully saturated rings. The van der Waals surface area contributed by atoms with Crippen LogP contribution in [0.5, 0.6) is 5.75 Å². The zero-order valence-electron chi connectivity index (χ0n) is 17.9. The zero-order valence-corrected chi connectivity index (χ0v) is 19.4. The maximum absolute atomic E-state index is 13.6. The highest BCUT2D eigenvalue weighted by atomic mass is 35.5. The number of hydrogen-bond donors (Lipinski definition) is 3. The van der Waals surface area contributed by atoms with Crippen molar-refractivity contribution in [1.82, 2.24) is 19.9 Å². The molecule has 0 aliphatic rings. The largest absolute Gasteiger partial charge is 0.493 e. The number of benzene rings is 1. The molecule has 34 heavy (non-hydrogen) atoms. The van der Waals surface area contributed by atoms with E-state index in [1.165, 1.54) is 30.6 Å². The van der Waals surface area contributed by atoms with Gasteiger partial charge in [0, 0.05) is 25.4 Å². The fraction of sp³-hybridized carbons (Fsp3) is 0.182. The van der Waals surface area contributed by atoms with E-state index in [1.54, 1.807) is 19.1 Å². The van der Waals surface area contributed by atoms with Crippen LogP contribution in [-0.2, 0) is 5.92 Å². The van der Waals surface area contributed by atoms with Gasteiger partial charge < -0.3 is 20.4 Å². The van der Waals surface area contributed by atoms with Gasteiger partial charge in [-0.25, -0.2) is 9.97 Å². The number of carbonyl (C=O) groups excluding carboxylic acids is 1. The summed E-state index contributed by atoms with van der Waals surface area (Å²) in [5, 5.41) is 6.14. The number of amides is 1. The number of aromatic nitrogens is 4. The fourth-order valence-corrected chi connectivity index (χ4v) is 3.59. The molecule has 0 saturated carbocycles. The number of halogens is 4. The molecular formula is C22H18Cl2F2N6O2. The molecule has 0 aliphatic heterocycles. The summed E-state index contributed by atoms with van der Waals surface area (Å²) in [6.45, 7) is 2.79. The fourth-order valence-electron chi connectivity index (χ4n) is 3.13. The Morgan fingerprint density at radius 1 is 1.18 bits per heavy atom. The van der Waals surface area contributed by atoms with Crippen LogP contribution < -0.4 is 15.4 Å². The van der Waals surface area contributed by atoms with Gasteiger partial charge in [0.15, 0.2) is 0 Å². The summed E-state index contributed by atoms with van der Waals surface area (Å²) in [6.07, 6.45) is 2.87. The number of alkyl halides is 2. The van der Waals surface area contributed by atoms with Gasteiger partial charge in [-0.2, -0.15) is 8.78 Å². The number of pyridine rings is 2. The van der Waals surface area contributed by atoms with Crippen molar-refractivity contribution >= 4 is 57.6 Å². The van der Waals surface area contributed by atoms with Crippen molar-refractivity contribution in [3.05, 3.63) is 64.0 Å². The first-order valence-electron chi connectivity index (χ1n) is 10.0. The molecule has 0 saturated heterocycles. The molecule has 1 amide bonds. The van der Waals surface area contributed by atoms with Gasteiger partial charge in [0.05, 0.1) is 38.9 Å². The number of nitrogens with one attached hydrogen (secondary N) is 3. The lowest BCUT2D eigenvalue weighted by Gasteiger charge is -2.13. The number of nitrogens with zero attached hydrogens (tertiary/aromatic N) is 3. The van der Waals surface area contributed by atoms with Crippen LogP contribution in [0.3, 0.4) is 0 Å². The standard InChI is InChI=1S/C22H18Cl2F2N6O2/c1-3-34-16-8-15-14(28-21(29-15)32-19-12(23)9-27-10-13(19)24)7-11(16)20(33)31-18-6-4-5-17(30-18)22(2,25)26/h4-10H,3H2,1-2H3,(H,30,31,33)(H2,27,28,29,32). The van der Waals surface area contributed by atoms with Crippen LogP contribution in [0.15, 0.2) is 42.7 Å². The molecule has 3 heterocycles. The Morgan fingerprint density at radius 3 is 2.59 bits per heavy atom. The minimum atomic E-state index is -3.14. The number of anilines is 3. The van der Waals surface area contributed by atoms with Gasteiger partial charge in [-0.15, -0.1) is 0 Å². The average Bonchev–Trinajstić information content (AvgIpc) is 3.17. The van der Waals surface area contributed by atoms with Crippen molar-refractivity contribution in [1.29, 1.82) is 0 Å². The molecular weight excluding hydrogens is 489 g/mol. The Hall–Kier alpha value is -3.50. The second-order valence-electron chi connectivity index (χ2n) is 7.24. The number of imidazole rings is 1. The van der Waals surface area contributed by atoms with Crippen molar-refractivity contribution in [2.75, 3.05) is 17.2 Å². The van der Waals surface area contributed by atoms with Crippen molar-refractivity contribution in [3.63, 3.8) is 0 Å². The maximum Gasteiger partial charge on any atom is 0.287 e. The highest BCUT2D eigenvalue weighted by Crippen LogP contribution is 2.33. The Balaban J connectivity index is 1.67. The van der Waals surface area contributed by atoms with Crippen molar-refractivity contribution < 1.29 is 18.3 Å². The quantitative estimate of drug-likeness (QED) is 0.277. The van der Waals surface area contributed by atoms with Crippen molar-refractivity contribution in [2.24, 2.45) is 0 Å². The summed E-state index contributed by atoms with van der Waals surface area (Å²) < 4.78 is 32.8. The molecule has 12 heteroatoms. The normalized spacial score (nSPS) is 11.5. The average molecular weight is 507 g/mol. The van der Waals surface area contributed by atoms with Crippen LogP contribution >= 0.6 is 23.2 Å². The van der Waals surface area contributed by atoms with E-state index in [0.29, 0.717) is 39.3 Å². The molecule has 1 aromatic carbocycles. The third kappa shape index (κ3) is 5.02. The van der Waals surface area contributed by atoms with Gasteiger partial charge in [-0.3, -0.25) is 9.78 Å². The Kier molecular flexibility index (Phi) is 6.54. The smallest absolute Gasteiger partial charge is 0.287 e. The summed E-state index contributed by atoms with van der Waals surface area (Å²) in [4.78, 5) is 28.2. The van der Waals surface area contributed by atoms with E-state index < -0.39 is 17.5 Å². The van der Waals surface area contributed by atoms with Gasteiger partial charge in [0.1, 0.15) is 17.3 Å². The molecule has 8 nitrogen and oxygen atoms in total. The summed E-state index contributed by atoms with van der Waals surface area (Å²) in [7, 11) is 0. The Labute approximate surface area is 202 Å². The van der Waals surface area contributed by atoms with Gasteiger partial charge in [0.2, 0.25) is 5.95 Å². The molecule has 0 atom stereocenters. The maximum atomic E-state index is 13.6. The topological polar surface area (TPSA) is 105 Å². The first-order valence-corrected chi connectivity index (χ1v) is 10.8. The van der Waals surface area contributed by atoms with Crippen LogP contribution in [-0.4, -0.2) is 32.4 Å². The van der Waals surface area contributed by atoms with E-state index in [4.69, 9.17) is 27.9 Å². The number of H-pyrrole nitrogens is 1. The second-order valence-corrected chi connectivity index (χ2v) is 8.05. The van der Waals surface area contributed by atoms with Crippen LogP contribution in [0.1, 0.15) is 29.9 Å². The summed E-state index contributed by atoms with van der Waals surface area (Å²) >= 11 is 12.3. The van der Waals surface area contributed by atoms with Gasteiger partial charge in [0.25, 0.3) is 11.8 Å². The number of ether oxygens (including phenoxy) is 1. The first kappa shape index (κ1) is 23.7. The van der Waals surface area contributed by atoms with E-state index in [-0.39, 0.29) is 17.1 Å². The van der Waals surface area contributed by atoms with Crippen molar-refractivity contribution in [2.45, 2.75) is 19.8 Å². The number of fused-ring (bicyclic) bond motifs is 1. The molecule has 176 valence electrons. The molecule has 0 unspecified atom stereocenters. The number of aromatic amines is 1.